The summed E-state index contributed by atoms with van der Waals surface area (Å²) in [6.45, 7) is 1.94. The molecule has 0 saturated carbocycles. The molecule has 0 spiro atoms. The number of carbonyl (C=O) groups is 1. The number of nitrogens with one attached hydrogen (secondary N) is 1. The fourth-order valence-electron chi connectivity index (χ4n) is 3.19. The third-order valence-corrected chi connectivity index (χ3v) is 5.00. The van der Waals surface area contributed by atoms with Crippen LogP contribution in [0.25, 0.3) is 22.2 Å². The Labute approximate surface area is 177 Å². The van der Waals surface area contributed by atoms with Crippen molar-refractivity contribution >= 4 is 39.8 Å². The van der Waals surface area contributed by atoms with E-state index in [0.717, 1.165) is 11.1 Å². The molecule has 30 heavy (non-hydrogen) atoms. The number of nitrogens with zero attached hydrogens (tertiary/aromatic N) is 2. The Balaban J connectivity index is 1.79. The van der Waals surface area contributed by atoms with Gasteiger partial charge in [0.1, 0.15) is 0 Å². The number of anilines is 1. The predicted molar refractivity (Wildman–Crippen MR) is 118 cm³/mol. The molecule has 6 nitrogen and oxygen atoms in total. The lowest BCUT2D eigenvalue weighted by Crippen LogP contribution is -2.13. The van der Waals surface area contributed by atoms with Crippen molar-refractivity contribution in [3.05, 3.63) is 99.1 Å². The molecule has 1 aromatic heterocycles. The fraction of sp³-hybridized carbons (Fsp3) is 0.0435. The van der Waals surface area contributed by atoms with Crippen LogP contribution in [0.2, 0.25) is 5.02 Å². The zero-order valence-electron chi connectivity index (χ0n) is 15.9. The van der Waals surface area contributed by atoms with Crippen LogP contribution in [0.5, 0.6) is 0 Å². The number of carbonyl (C=O) groups excluding carboxylic acids is 1. The van der Waals surface area contributed by atoms with E-state index in [4.69, 9.17) is 16.6 Å². The van der Waals surface area contributed by atoms with Crippen LogP contribution < -0.4 is 5.32 Å². The van der Waals surface area contributed by atoms with Gasteiger partial charge in [-0.3, -0.25) is 14.9 Å². The van der Waals surface area contributed by atoms with Gasteiger partial charge in [0.15, 0.2) is 0 Å². The van der Waals surface area contributed by atoms with Gasteiger partial charge >= 0.3 is 0 Å². The van der Waals surface area contributed by atoms with Gasteiger partial charge in [-0.1, -0.05) is 53.6 Å². The summed E-state index contributed by atoms with van der Waals surface area (Å²) in [5.41, 5.74) is 3.85. The molecule has 1 amide bonds. The number of halogens is 1. The van der Waals surface area contributed by atoms with Crippen LogP contribution in [-0.4, -0.2) is 15.8 Å². The predicted octanol–water partition coefficient (Wildman–Crippen LogP) is 6.02. The summed E-state index contributed by atoms with van der Waals surface area (Å²) in [7, 11) is 0. The Morgan fingerprint density at radius 3 is 2.50 bits per heavy atom. The number of aromatic nitrogens is 1. The number of nitro groups is 1. The van der Waals surface area contributed by atoms with Crippen LogP contribution in [0.15, 0.2) is 72.8 Å². The molecule has 0 saturated heterocycles. The first-order valence-electron chi connectivity index (χ1n) is 9.14. The van der Waals surface area contributed by atoms with Gasteiger partial charge in [-0.05, 0) is 31.2 Å². The summed E-state index contributed by atoms with van der Waals surface area (Å²) in [4.78, 5) is 28.2. The third-order valence-electron chi connectivity index (χ3n) is 4.69. The molecular weight excluding hydrogens is 402 g/mol. The van der Waals surface area contributed by atoms with Crippen molar-refractivity contribution in [3.63, 3.8) is 0 Å². The Morgan fingerprint density at radius 1 is 1.03 bits per heavy atom. The summed E-state index contributed by atoms with van der Waals surface area (Å²) < 4.78 is 0. The first-order valence-corrected chi connectivity index (χ1v) is 9.52. The second-order valence-corrected chi connectivity index (χ2v) is 7.22. The van der Waals surface area contributed by atoms with E-state index >= 15 is 0 Å². The summed E-state index contributed by atoms with van der Waals surface area (Å²) in [6.07, 6.45) is 0. The minimum Gasteiger partial charge on any atom is -0.321 e. The monoisotopic (exact) mass is 417 g/mol. The maximum Gasteiger partial charge on any atom is 0.271 e. The lowest BCUT2D eigenvalue weighted by Gasteiger charge is -2.12. The van der Waals surface area contributed by atoms with Crippen LogP contribution in [0.3, 0.4) is 0 Å². The molecular formula is C23H16ClN3O3. The highest BCUT2D eigenvalue weighted by Crippen LogP contribution is 2.29. The number of fused-ring (bicyclic) bond motifs is 1. The van der Waals surface area contributed by atoms with Crippen molar-refractivity contribution in [2.24, 2.45) is 0 Å². The largest absolute Gasteiger partial charge is 0.321 e. The first-order chi connectivity index (χ1) is 14.4. The average molecular weight is 418 g/mol. The molecule has 148 valence electrons. The summed E-state index contributed by atoms with van der Waals surface area (Å²) in [5.74, 6) is -0.374. The highest BCUT2D eigenvalue weighted by molar-refractivity contribution is 6.34. The highest BCUT2D eigenvalue weighted by atomic mass is 35.5. The summed E-state index contributed by atoms with van der Waals surface area (Å²) >= 11 is 6.14. The van der Waals surface area contributed by atoms with E-state index in [-0.39, 0.29) is 16.6 Å². The number of non-ortho nitro benzene ring substituents is 1. The Hall–Kier alpha value is -3.77. The van der Waals surface area contributed by atoms with Crippen molar-refractivity contribution in [2.75, 3.05) is 5.32 Å². The van der Waals surface area contributed by atoms with Gasteiger partial charge in [0.25, 0.3) is 11.6 Å². The van der Waals surface area contributed by atoms with Gasteiger partial charge in [-0.15, -0.1) is 0 Å². The number of nitro benzene ring substituents is 1. The van der Waals surface area contributed by atoms with Gasteiger partial charge in [0.05, 0.1) is 32.4 Å². The van der Waals surface area contributed by atoms with E-state index in [2.05, 4.69) is 5.32 Å². The molecule has 0 bridgehead atoms. The van der Waals surface area contributed by atoms with Gasteiger partial charge in [-0.25, -0.2) is 4.98 Å². The molecule has 3 aromatic carbocycles. The van der Waals surface area contributed by atoms with Crippen molar-refractivity contribution in [1.82, 2.24) is 4.98 Å². The molecule has 0 aliphatic rings. The number of hydrogen-bond donors (Lipinski definition) is 1. The smallest absolute Gasteiger partial charge is 0.271 e. The van der Waals surface area contributed by atoms with E-state index in [9.17, 15) is 14.9 Å². The average Bonchev–Trinajstić information content (AvgIpc) is 2.74. The molecule has 0 aliphatic carbocycles. The van der Waals surface area contributed by atoms with Crippen LogP contribution in [0, 0.1) is 17.0 Å². The topological polar surface area (TPSA) is 85.1 Å². The van der Waals surface area contributed by atoms with Gasteiger partial charge in [-0.2, -0.15) is 0 Å². The zero-order valence-corrected chi connectivity index (χ0v) is 16.7. The Bertz CT molecular complexity index is 1290. The van der Waals surface area contributed by atoms with Crippen molar-refractivity contribution in [1.29, 1.82) is 0 Å². The first kappa shape index (κ1) is 19.5. The minimum atomic E-state index is -0.539. The second kappa shape index (κ2) is 7.93. The van der Waals surface area contributed by atoms with Crippen molar-refractivity contribution < 1.29 is 9.72 Å². The number of pyridine rings is 1. The fourth-order valence-corrected chi connectivity index (χ4v) is 3.41. The minimum absolute atomic E-state index is 0.0929. The molecule has 4 aromatic rings. The number of amides is 1. The van der Waals surface area contributed by atoms with Crippen molar-refractivity contribution in [3.8, 4) is 11.3 Å². The van der Waals surface area contributed by atoms with Crippen LogP contribution >= 0.6 is 11.6 Å². The van der Waals surface area contributed by atoms with Gasteiger partial charge < -0.3 is 5.32 Å². The maximum atomic E-state index is 13.2. The molecule has 0 atom stereocenters. The molecule has 4 rings (SSSR count). The molecule has 7 heteroatoms. The molecule has 1 N–H and O–H groups in total. The normalized spacial score (nSPS) is 10.7. The Morgan fingerprint density at radius 2 is 1.80 bits per heavy atom. The Kier molecular flexibility index (Phi) is 5.16. The van der Waals surface area contributed by atoms with E-state index in [1.807, 2.05) is 55.5 Å². The highest BCUT2D eigenvalue weighted by Gasteiger charge is 2.17. The molecule has 0 fully saturated rings. The lowest BCUT2D eigenvalue weighted by atomic mass is 10.0. The van der Waals surface area contributed by atoms with Crippen LogP contribution in [-0.2, 0) is 0 Å². The maximum absolute atomic E-state index is 13.2. The van der Waals surface area contributed by atoms with Gasteiger partial charge in [0.2, 0.25) is 0 Å². The molecule has 1 heterocycles. The third kappa shape index (κ3) is 3.86. The number of hydrogen-bond acceptors (Lipinski definition) is 4. The van der Waals surface area contributed by atoms with Crippen LogP contribution in [0.4, 0.5) is 11.4 Å². The van der Waals surface area contributed by atoms with E-state index in [0.29, 0.717) is 27.8 Å². The van der Waals surface area contributed by atoms with Gasteiger partial charge in [0, 0.05) is 23.1 Å². The van der Waals surface area contributed by atoms with Crippen LogP contribution in [0.1, 0.15) is 15.9 Å². The number of benzene rings is 3. The summed E-state index contributed by atoms with van der Waals surface area (Å²) in [5, 5.41) is 14.5. The number of rotatable bonds is 4. The summed E-state index contributed by atoms with van der Waals surface area (Å²) in [6, 6.07) is 21.0. The van der Waals surface area contributed by atoms with E-state index in [1.165, 1.54) is 18.2 Å². The molecule has 0 radical (unpaired) electrons. The van der Waals surface area contributed by atoms with E-state index < -0.39 is 4.92 Å². The molecule has 0 unspecified atom stereocenters. The van der Waals surface area contributed by atoms with Crippen molar-refractivity contribution in [2.45, 2.75) is 6.92 Å². The lowest BCUT2D eigenvalue weighted by molar-refractivity contribution is -0.384. The molecule has 0 aliphatic heterocycles. The van der Waals surface area contributed by atoms with E-state index in [1.54, 1.807) is 6.07 Å². The second-order valence-electron chi connectivity index (χ2n) is 6.82. The number of aryl methyl sites for hydroxylation is 1. The quantitative estimate of drug-likeness (QED) is 0.324. The standard InChI is InChI=1S/C23H16ClN3O3/c1-14-7-9-20-17(11-14)18(13-22(25-20)15-5-3-2-4-6-15)23(28)26-21-10-8-16(27(29)30)12-19(21)24/h2-13H,1H3,(H,26,28). The zero-order chi connectivity index (χ0) is 21.3. The SMILES string of the molecule is Cc1ccc2nc(-c3ccccc3)cc(C(=O)Nc3ccc([N+](=O)[O-])cc3Cl)c2c1.